The summed E-state index contributed by atoms with van der Waals surface area (Å²) in [5.74, 6) is -0.234. The molecule has 3 aromatic carbocycles. The zero-order valence-electron chi connectivity index (χ0n) is 16.9. The van der Waals surface area contributed by atoms with Crippen molar-refractivity contribution in [1.29, 1.82) is 0 Å². The van der Waals surface area contributed by atoms with Crippen LogP contribution in [0, 0.1) is 0 Å². The lowest BCUT2D eigenvalue weighted by atomic mass is 10.1. The third-order valence-corrected chi connectivity index (χ3v) is 6.17. The minimum Gasteiger partial charge on any atom is -0.456 e. The van der Waals surface area contributed by atoms with Crippen molar-refractivity contribution < 1.29 is 14.0 Å². The molecule has 1 N–H and O–H groups in total. The predicted molar refractivity (Wildman–Crippen MR) is 123 cm³/mol. The number of benzene rings is 3. The number of fused-ring (bicyclic) bond motifs is 3. The molecule has 0 unspecified atom stereocenters. The Kier molecular flexibility index (Phi) is 5.91. The fraction of sp³-hybridized carbons (Fsp3) is 0.200. The number of nitrogens with one attached hydrogen (secondary N) is 1. The van der Waals surface area contributed by atoms with Gasteiger partial charge in [-0.25, -0.2) is 0 Å². The van der Waals surface area contributed by atoms with Crippen LogP contribution in [0.3, 0.4) is 0 Å². The van der Waals surface area contributed by atoms with E-state index < -0.39 is 6.04 Å². The second-order valence-electron chi connectivity index (χ2n) is 7.44. The quantitative estimate of drug-likeness (QED) is 0.444. The number of para-hydroxylation sites is 1. The second-order valence-corrected chi connectivity index (χ2v) is 8.88. The Balaban J connectivity index is 1.39. The van der Waals surface area contributed by atoms with E-state index in [9.17, 15) is 9.59 Å². The number of hydrogen-bond acceptors (Lipinski definition) is 4. The predicted octanol–water partition coefficient (Wildman–Crippen LogP) is 5.60. The average Bonchev–Trinajstić information content (AvgIpc) is 3.12. The summed E-state index contributed by atoms with van der Waals surface area (Å²) in [6.07, 6.45) is 0.755. The standard InChI is InChI=1S/C25H23NO3S/c1-16(30-25(28)17(2)26-24(27)19-8-4-3-5-9-19)14-18-12-13-23-21(15-18)20-10-6-7-11-22(20)29-23/h3-13,15-17H,14H2,1-2H3,(H,26,27)/t16-,17+/m0/s1. The molecule has 0 aliphatic heterocycles. The monoisotopic (exact) mass is 417 g/mol. The van der Waals surface area contributed by atoms with E-state index >= 15 is 0 Å². The Labute approximate surface area is 179 Å². The van der Waals surface area contributed by atoms with Crippen molar-refractivity contribution in [3.05, 3.63) is 83.9 Å². The van der Waals surface area contributed by atoms with Gasteiger partial charge in [0.05, 0.1) is 6.04 Å². The molecule has 0 fully saturated rings. The number of furan rings is 1. The first kappa shape index (κ1) is 20.2. The topological polar surface area (TPSA) is 59.3 Å². The van der Waals surface area contributed by atoms with Gasteiger partial charge in [0.1, 0.15) is 11.2 Å². The van der Waals surface area contributed by atoms with E-state index in [0.29, 0.717) is 5.56 Å². The molecule has 1 heterocycles. The van der Waals surface area contributed by atoms with Gasteiger partial charge < -0.3 is 9.73 Å². The van der Waals surface area contributed by atoms with E-state index in [0.717, 1.165) is 33.9 Å². The van der Waals surface area contributed by atoms with E-state index in [1.165, 1.54) is 11.8 Å². The number of amides is 1. The van der Waals surface area contributed by atoms with Gasteiger partial charge in [-0.2, -0.15) is 0 Å². The van der Waals surface area contributed by atoms with Gasteiger partial charge in [0.15, 0.2) is 0 Å². The Morgan fingerprint density at radius 3 is 2.40 bits per heavy atom. The molecule has 0 aliphatic carbocycles. The first-order chi connectivity index (χ1) is 14.5. The highest BCUT2D eigenvalue weighted by molar-refractivity contribution is 8.14. The van der Waals surface area contributed by atoms with Gasteiger partial charge in [-0.15, -0.1) is 0 Å². The highest BCUT2D eigenvalue weighted by Gasteiger charge is 2.20. The molecule has 30 heavy (non-hydrogen) atoms. The highest BCUT2D eigenvalue weighted by atomic mass is 32.2. The molecule has 2 atom stereocenters. The smallest absolute Gasteiger partial charge is 0.251 e. The third-order valence-electron chi connectivity index (χ3n) is 5.02. The molecule has 1 aromatic heterocycles. The van der Waals surface area contributed by atoms with Crippen molar-refractivity contribution in [3.8, 4) is 0 Å². The molecule has 5 heteroatoms. The van der Waals surface area contributed by atoms with Crippen LogP contribution in [0.15, 0.2) is 77.2 Å². The van der Waals surface area contributed by atoms with Crippen LogP contribution in [0.4, 0.5) is 0 Å². The number of carbonyl (C=O) groups excluding carboxylic acids is 2. The largest absolute Gasteiger partial charge is 0.456 e. The van der Waals surface area contributed by atoms with Gasteiger partial charge in [0.2, 0.25) is 5.12 Å². The van der Waals surface area contributed by atoms with Crippen molar-refractivity contribution in [2.75, 3.05) is 0 Å². The molecule has 0 radical (unpaired) electrons. The van der Waals surface area contributed by atoms with E-state index in [-0.39, 0.29) is 16.3 Å². The number of rotatable bonds is 6. The summed E-state index contributed by atoms with van der Waals surface area (Å²) in [6.45, 7) is 3.76. The Morgan fingerprint density at radius 1 is 0.900 bits per heavy atom. The molecule has 0 saturated carbocycles. The van der Waals surface area contributed by atoms with Crippen molar-refractivity contribution in [2.24, 2.45) is 0 Å². The maximum Gasteiger partial charge on any atom is 0.251 e. The van der Waals surface area contributed by atoms with Crippen LogP contribution in [-0.2, 0) is 11.2 Å². The second kappa shape index (κ2) is 8.76. The molecule has 4 aromatic rings. The first-order valence-electron chi connectivity index (χ1n) is 9.98. The maximum absolute atomic E-state index is 12.6. The summed E-state index contributed by atoms with van der Waals surface area (Å²) in [7, 11) is 0. The minimum absolute atomic E-state index is 0.0402. The third kappa shape index (κ3) is 4.41. The number of hydrogen-bond donors (Lipinski definition) is 1. The fourth-order valence-corrected chi connectivity index (χ4v) is 4.44. The lowest BCUT2D eigenvalue weighted by Gasteiger charge is -2.16. The lowest BCUT2D eigenvalue weighted by molar-refractivity contribution is -0.112. The summed E-state index contributed by atoms with van der Waals surface area (Å²) in [6, 6.07) is 22.6. The summed E-state index contributed by atoms with van der Waals surface area (Å²) >= 11 is 1.27. The molecular formula is C25H23NO3S. The van der Waals surface area contributed by atoms with E-state index in [2.05, 4.69) is 17.4 Å². The molecule has 4 nitrogen and oxygen atoms in total. The van der Waals surface area contributed by atoms with E-state index in [1.54, 1.807) is 31.2 Å². The molecule has 4 rings (SSSR count). The molecule has 0 bridgehead atoms. The summed E-state index contributed by atoms with van der Waals surface area (Å²) < 4.78 is 5.88. The maximum atomic E-state index is 12.6. The van der Waals surface area contributed by atoms with Gasteiger partial charge in [-0.3, -0.25) is 9.59 Å². The zero-order valence-corrected chi connectivity index (χ0v) is 17.7. The summed E-state index contributed by atoms with van der Waals surface area (Å²) in [5.41, 5.74) is 3.46. The SMILES string of the molecule is C[C@@H](Cc1ccc2oc3ccccc3c2c1)SC(=O)[C@@H](C)NC(=O)c1ccccc1. The van der Waals surface area contributed by atoms with Crippen LogP contribution < -0.4 is 5.32 Å². The van der Waals surface area contributed by atoms with Crippen molar-refractivity contribution in [3.63, 3.8) is 0 Å². The van der Waals surface area contributed by atoms with Crippen LogP contribution in [-0.4, -0.2) is 22.3 Å². The van der Waals surface area contributed by atoms with E-state index in [4.69, 9.17) is 4.42 Å². The minimum atomic E-state index is -0.551. The molecule has 0 saturated heterocycles. The number of carbonyl (C=O) groups is 2. The van der Waals surface area contributed by atoms with Crippen molar-refractivity contribution in [1.82, 2.24) is 5.32 Å². The van der Waals surface area contributed by atoms with Gasteiger partial charge in [-0.05, 0) is 49.2 Å². The fourth-order valence-electron chi connectivity index (χ4n) is 3.50. The van der Waals surface area contributed by atoms with Gasteiger partial charge >= 0.3 is 0 Å². The average molecular weight is 418 g/mol. The summed E-state index contributed by atoms with van der Waals surface area (Å²) in [5, 5.41) is 5.02. The first-order valence-corrected chi connectivity index (χ1v) is 10.9. The Morgan fingerprint density at radius 2 is 1.60 bits per heavy atom. The molecule has 0 spiro atoms. The Hall–Kier alpha value is -3.05. The molecule has 1 amide bonds. The molecular weight excluding hydrogens is 394 g/mol. The normalized spacial score (nSPS) is 13.3. The van der Waals surface area contributed by atoms with Crippen LogP contribution in [0.1, 0.15) is 29.8 Å². The van der Waals surface area contributed by atoms with Crippen molar-refractivity contribution >= 4 is 44.7 Å². The van der Waals surface area contributed by atoms with Crippen LogP contribution in [0.5, 0.6) is 0 Å². The van der Waals surface area contributed by atoms with E-state index in [1.807, 2.05) is 43.3 Å². The molecule has 152 valence electrons. The van der Waals surface area contributed by atoms with Crippen LogP contribution in [0.25, 0.3) is 21.9 Å². The Bertz CT molecular complexity index is 1200. The lowest BCUT2D eigenvalue weighted by Crippen LogP contribution is -2.37. The zero-order chi connectivity index (χ0) is 21.1. The highest BCUT2D eigenvalue weighted by Crippen LogP contribution is 2.30. The van der Waals surface area contributed by atoms with Gasteiger partial charge in [0, 0.05) is 21.6 Å². The van der Waals surface area contributed by atoms with Crippen LogP contribution >= 0.6 is 11.8 Å². The van der Waals surface area contributed by atoms with Crippen molar-refractivity contribution in [2.45, 2.75) is 31.6 Å². The number of thioether (sulfide) groups is 1. The molecule has 0 aliphatic rings. The van der Waals surface area contributed by atoms with Crippen LogP contribution in [0.2, 0.25) is 0 Å². The van der Waals surface area contributed by atoms with Gasteiger partial charge in [-0.1, -0.05) is 61.2 Å². The van der Waals surface area contributed by atoms with Gasteiger partial charge in [0.25, 0.3) is 5.91 Å². The summed E-state index contributed by atoms with van der Waals surface area (Å²) in [4.78, 5) is 24.9.